The topological polar surface area (TPSA) is 46.5 Å². The van der Waals surface area contributed by atoms with Gasteiger partial charge in [-0.15, -0.1) is 0 Å². The van der Waals surface area contributed by atoms with Gasteiger partial charge in [0.2, 0.25) is 0 Å². The first-order chi connectivity index (χ1) is 15.0. The van der Waals surface area contributed by atoms with E-state index in [1.165, 1.54) is 5.56 Å². The number of rotatable bonds is 8. The van der Waals surface area contributed by atoms with Gasteiger partial charge in [-0.05, 0) is 24.0 Å². The van der Waals surface area contributed by atoms with Crippen molar-refractivity contribution in [1.29, 1.82) is 0 Å². The third kappa shape index (κ3) is 4.70. The molecule has 1 aliphatic heterocycles. The molecule has 1 N–H and O–H groups in total. The summed E-state index contributed by atoms with van der Waals surface area (Å²) in [5.41, 5.74) is 0.480. The van der Waals surface area contributed by atoms with E-state index in [-0.39, 0.29) is 12.0 Å². The van der Waals surface area contributed by atoms with Crippen LogP contribution in [0.25, 0.3) is 0 Å². The van der Waals surface area contributed by atoms with E-state index in [1.807, 2.05) is 30.3 Å². The van der Waals surface area contributed by atoms with Crippen molar-refractivity contribution in [2.75, 3.05) is 26.7 Å². The van der Waals surface area contributed by atoms with Crippen LogP contribution in [0.3, 0.4) is 0 Å². The Labute approximate surface area is 186 Å². The van der Waals surface area contributed by atoms with Crippen molar-refractivity contribution in [2.24, 2.45) is 5.92 Å². The molecule has 2 aromatic carbocycles. The zero-order valence-corrected chi connectivity index (χ0v) is 18.7. The van der Waals surface area contributed by atoms with E-state index in [9.17, 15) is 9.90 Å². The quantitative estimate of drug-likeness (QED) is 0.505. The number of benzene rings is 2. The number of esters is 1. The van der Waals surface area contributed by atoms with E-state index in [1.54, 1.807) is 0 Å². The van der Waals surface area contributed by atoms with Crippen molar-refractivity contribution in [1.82, 2.24) is 0 Å². The molecule has 31 heavy (non-hydrogen) atoms. The van der Waals surface area contributed by atoms with E-state index in [0.717, 1.165) is 62.5 Å². The molecule has 1 heterocycles. The molecule has 0 aromatic heterocycles. The summed E-state index contributed by atoms with van der Waals surface area (Å²) in [6.07, 6.45) is 7.10. The molecule has 2 aromatic rings. The zero-order valence-electron chi connectivity index (χ0n) is 18.7. The molecule has 1 aliphatic carbocycles. The fraction of sp³-hybridized carbons (Fsp3) is 0.519. The lowest BCUT2D eigenvalue weighted by Gasteiger charge is -2.37. The van der Waals surface area contributed by atoms with Gasteiger partial charge in [0.15, 0.2) is 5.60 Å². The monoisotopic (exact) mass is 422 g/mol. The van der Waals surface area contributed by atoms with Crippen LogP contribution in [0.4, 0.5) is 0 Å². The van der Waals surface area contributed by atoms with Gasteiger partial charge < -0.3 is 14.3 Å². The number of hydrogen-bond acceptors (Lipinski definition) is 3. The molecule has 0 radical (unpaired) electrons. The number of aliphatic hydroxyl groups is 1. The molecule has 3 atom stereocenters. The normalized spacial score (nSPS) is 25.9. The third-order valence-electron chi connectivity index (χ3n) is 7.72. The first-order valence-corrected chi connectivity index (χ1v) is 11.9. The third-order valence-corrected chi connectivity index (χ3v) is 7.72. The highest BCUT2D eigenvalue weighted by atomic mass is 16.6. The number of likely N-dealkylation sites (tertiary alicyclic amines) is 1. The number of carbonyl (C=O) groups excluding carboxylic acids is 1. The number of ether oxygens (including phenoxy) is 1. The Balaban J connectivity index is 1.43. The highest BCUT2D eigenvalue weighted by Crippen LogP contribution is 2.41. The second-order valence-electron chi connectivity index (χ2n) is 9.67. The number of hydrogen-bond donors (Lipinski definition) is 1. The van der Waals surface area contributed by atoms with Crippen molar-refractivity contribution in [2.45, 2.75) is 56.6 Å². The first kappa shape index (κ1) is 22.0. The zero-order chi connectivity index (χ0) is 21.7. The van der Waals surface area contributed by atoms with E-state index < -0.39 is 11.6 Å². The number of carbonyl (C=O) groups is 1. The van der Waals surface area contributed by atoms with Crippen LogP contribution in [0.2, 0.25) is 0 Å². The minimum Gasteiger partial charge on any atom is -0.457 e. The van der Waals surface area contributed by atoms with Gasteiger partial charge in [-0.3, -0.25) is 0 Å². The fourth-order valence-electron chi connectivity index (χ4n) is 5.61. The highest BCUT2D eigenvalue weighted by molar-refractivity contribution is 5.81. The minimum atomic E-state index is -1.54. The molecular weight excluding hydrogens is 386 g/mol. The summed E-state index contributed by atoms with van der Waals surface area (Å²) in [7, 11) is 2.29. The predicted molar refractivity (Wildman–Crippen MR) is 122 cm³/mol. The van der Waals surface area contributed by atoms with Gasteiger partial charge in [0.1, 0.15) is 12.6 Å². The smallest absolute Gasteiger partial charge is 0.343 e. The van der Waals surface area contributed by atoms with Crippen LogP contribution in [0.15, 0.2) is 60.7 Å². The maximum atomic E-state index is 13.3. The molecule has 2 fully saturated rings. The van der Waals surface area contributed by atoms with Crippen molar-refractivity contribution in [3.05, 3.63) is 71.8 Å². The summed E-state index contributed by atoms with van der Waals surface area (Å²) < 4.78 is 6.83. The van der Waals surface area contributed by atoms with Crippen LogP contribution < -0.4 is 0 Å². The lowest BCUT2D eigenvalue weighted by atomic mass is 9.80. The van der Waals surface area contributed by atoms with E-state index in [4.69, 9.17) is 4.74 Å². The van der Waals surface area contributed by atoms with Crippen LogP contribution in [0, 0.1) is 5.92 Å². The molecule has 0 spiro atoms. The molecule has 2 aliphatic rings. The second-order valence-corrected chi connectivity index (χ2v) is 9.67. The Kier molecular flexibility index (Phi) is 6.78. The Hall–Kier alpha value is -2.17. The first-order valence-electron chi connectivity index (χ1n) is 11.9. The van der Waals surface area contributed by atoms with Crippen LogP contribution in [0.1, 0.15) is 49.7 Å². The maximum Gasteiger partial charge on any atom is 0.343 e. The molecule has 0 amide bonds. The molecule has 4 nitrogen and oxygen atoms in total. The Morgan fingerprint density at radius 1 is 1.00 bits per heavy atom. The van der Waals surface area contributed by atoms with E-state index in [0.29, 0.717) is 12.2 Å². The standard InChI is InChI=1S/C27H36NO3/c1-28(20-18-22-11-4-2-5-12-22)19-10-17-25(28)21-31-26(29)27(30,24-15-8-9-16-24)23-13-6-3-7-14-23/h2-7,11-14,24-25,30H,8-10,15-21H2,1H3/q+1/t25?,27-,28?/m0/s1. The molecule has 1 saturated carbocycles. The van der Waals surface area contributed by atoms with Crippen LogP contribution >= 0.6 is 0 Å². The van der Waals surface area contributed by atoms with E-state index in [2.05, 4.69) is 37.4 Å². The van der Waals surface area contributed by atoms with Gasteiger partial charge in [0.25, 0.3) is 0 Å². The summed E-state index contributed by atoms with van der Waals surface area (Å²) in [6.45, 7) is 2.53. The molecule has 0 bridgehead atoms. The average molecular weight is 423 g/mol. The van der Waals surface area contributed by atoms with Crippen LogP contribution in [-0.4, -0.2) is 48.3 Å². The molecule has 166 valence electrons. The Morgan fingerprint density at radius 3 is 2.32 bits per heavy atom. The molecule has 4 heteroatoms. The molecule has 2 unspecified atom stereocenters. The summed E-state index contributed by atoms with van der Waals surface area (Å²) in [6, 6.07) is 20.3. The molecule has 1 saturated heterocycles. The predicted octanol–water partition coefficient (Wildman–Crippen LogP) is 4.46. The van der Waals surface area contributed by atoms with Gasteiger partial charge in [0.05, 0.1) is 20.1 Å². The second kappa shape index (κ2) is 9.54. The van der Waals surface area contributed by atoms with Gasteiger partial charge in [-0.2, -0.15) is 0 Å². The maximum absolute atomic E-state index is 13.3. The molecular formula is C27H36NO3+. The fourth-order valence-corrected chi connectivity index (χ4v) is 5.61. The molecule has 4 rings (SSSR count). The SMILES string of the molecule is C[N+]1(CCc2ccccc2)CCCC1COC(=O)[C@](O)(c1ccccc1)C1CCCC1. The summed E-state index contributed by atoms with van der Waals surface area (Å²) in [5, 5.41) is 11.6. The lowest BCUT2D eigenvalue weighted by molar-refractivity contribution is -0.921. The van der Waals surface area contributed by atoms with Crippen molar-refractivity contribution >= 4 is 5.97 Å². The average Bonchev–Trinajstić information content (AvgIpc) is 3.48. The Morgan fingerprint density at radius 2 is 1.65 bits per heavy atom. The van der Waals surface area contributed by atoms with Gasteiger partial charge in [0, 0.05) is 25.2 Å². The number of quaternary nitrogens is 1. The largest absolute Gasteiger partial charge is 0.457 e. The van der Waals surface area contributed by atoms with Crippen molar-refractivity contribution < 1.29 is 19.1 Å². The Bertz CT molecular complexity index is 849. The van der Waals surface area contributed by atoms with Crippen LogP contribution in [0.5, 0.6) is 0 Å². The minimum absolute atomic E-state index is 0.0649. The summed E-state index contributed by atoms with van der Waals surface area (Å²) in [4.78, 5) is 13.3. The highest BCUT2D eigenvalue weighted by Gasteiger charge is 2.48. The van der Waals surface area contributed by atoms with Gasteiger partial charge >= 0.3 is 5.97 Å². The van der Waals surface area contributed by atoms with Gasteiger partial charge in [-0.1, -0.05) is 73.5 Å². The van der Waals surface area contributed by atoms with Gasteiger partial charge in [-0.25, -0.2) is 4.79 Å². The summed E-state index contributed by atoms with van der Waals surface area (Å²) in [5.74, 6) is -0.531. The number of nitrogens with zero attached hydrogens (tertiary/aromatic N) is 1. The van der Waals surface area contributed by atoms with E-state index >= 15 is 0 Å². The van der Waals surface area contributed by atoms with Crippen molar-refractivity contribution in [3.63, 3.8) is 0 Å². The van der Waals surface area contributed by atoms with Crippen molar-refractivity contribution in [3.8, 4) is 0 Å². The summed E-state index contributed by atoms with van der Waals surface area (Å²) >= 11 is 0. The lowest BCUT2D eigenvalue weighted by Crippen LogP contribution is -2.52. The number of likely N-dealkylation sites (N-methyl/N-ethyl adjacent to an activating group) is 1. The van der Waals surface area contributed by atoms with Crippen LogP contribution in [-0.2, 0) is 21.6 Å².